The molecule has 0 saturated heterocycles. The molecule has 2 aromatic rings. The molecule has 4 nitrogen and oxygen atoms in total. The highest BCUT2D eigenvalue weighted by Gasteiger charge is 2.30. The Kier molecular flexibility index (Phi) is 7.03. The van der Waals surface area contributed by atoms with Crippen LogP contribution in [0.2, 0.25) is 5.02 Å². The van der Waals surface area contributed by atoms with Crippen LogP contribution in [0.1, 0.15) is 53.7 Å². The van der Waals surface area contributed by atoms with Gasteiger partial charge in [-0.15, -0.1) is 0 Å². The fourth-order valence-electron chi connectivity index (χ4n) is 3.12. The van der Waals surface area contributed by atoms with Crippen molar-refractivity contribution in [2.75, 3.05) is 6.61 Å². The number of hydrogen-bond donors (Lipinski definition) is 0. The molecule has 0 aromatic heterocycles. The van der Waals surface area contributed by atoms with Crippen LogP contribution in [0.3, 0.4) is 0 Å². The van der Waals surface area contributed by atoms with Crippen LogP contribution >= 0.6 is 11.6 Å². The van der Waals surface area contributed by atoms with Crippen LogP contribution < -0.4 is 4.74 Å². The van der Waals surface area contributed by atoms with Gasteiger partial charge in [0.2, 0.25) is 0 Å². The van der Waals surface area contributed by atoms with Gasteiger partial charge in [-0.05, 0) is 50.5 Å². The minimum atomic E-state index is -0.522. The van der Waals surface area contributed by atoms with E-state index in [1.165, 1.54) is 0 Å². The summed E-state index contributed by atoms with van der Waals surface area (Å²) >= 11 is 5.97. The maximum atomic E-state index is 12.6. The molecule has 0 saturated carbocycles. The molecule has 0 bridgehead atoms. The molecule has 0 aliphatic heterocycles. The predicted octanol–water partition coefficient (Wildman–Crippen LogP) is 5.48. The summed E-state index contributed by atoms with van der Waals surface area (Å²) in [5.41, 5.74) is 2.79. The summed E-state index contributed by atoms with van der Waals surface area (Å²) in [6.07, 6.45) is 0. The van der Waals surface area contributed by atoms with E-state index < -0.39 is 11.9 Å². The Labute approximate surface area is 165 Å². The van der Waals surface area contributed by atoms with E-state index in [0.29, 0.717) is 28.5 Å². The fraction of sp³-hybridized carbons (Fsp3) is 0.364. The third kappa shape index (κ3) is 5.10. The van der Waals surface area contributed by atoms with Gasteiger partial charge in [-0.3, -0.25) is 4.79 Å². The lowest BCUT2D eigenvalue weighted by Gasteiger charge is -2.23. The predicted molar refractivity (Wildman–Crippen MR) is 107 cm³/mol. The molecule has 0 radical (unpaired) electrons. The molecule has 0 fully saturated rings. The number of hydrogen-bond acceptors (Lipinski definition) is 4. The molecule has 0 aliphatic carbocycles. The number of ether oxygens (including phenoxy) is 2. The number of esters is 2. The molecule has 2 rings (SSSR count). The lowest BCUT2D eigenvalue weighted by Crippen LogP contribution is -2.23. The van der Waals surface area contributed by atoms with Crippen LogP contribution in [0.25, 0.3) is 0 Å². The molecular weight excluding hydrogens is 364 g/mol. The second kappa shape index (κ2) is 9.05. The smallest absolute Gasteiger partial charge is 0.343 e. The van der Waals surface area contributed by atoms with Crippen LogP contribution in [0.5, 0.6) is 5.75 Å². The molecule has 0 spiro atoms. The van der Waals surface area contributed by atoms with Crippen molar-refractivity contribution in [3.63, 3.8) is 0 Å². The number of halogens is 1. The third-order valence-corrected chi connectivity index (χ3v) is 4.48. The van der Waals surface area contributed by atoms with Gasteiger partial charge in [-0.25, -0.2) is 4.79 Å². The average molecular weight is 389 g/mol. The van der Waals surface area contributed by atoms with Gasteiger partial charge in [0.05, 0.1) is 18.1 Å². The summed E-state index contributed by atoms with van der Waals surface area (Å²) in [5.74, 6) is -0.980. The summed E-state index contributed by atoms with van der Waals surface area (Å²) in [5, 5.41) is 0.455. The van der Waals surface area contributed by atoms with Gasteiger partial charge in [0, 0.05) is 10.6 Å². The van der Waals surface area contributed by atoms with E-state index in [1.54, 1.807) is 31.2 Å². The Morgan fingerprint density at radius 1 is 1.11 bits per heavy atom. The SMILES string of the molecule is CCOC(=O)C(c1cc(C)cc(C)c1OC(=O)c1cccc(Cl)c1)C(C)C. The zero-order valence-corrected chi connectivity index (χ0v) is 17.1. The van der Waals surface area contributed by atoms with Gasteiger partial charge in [-0.1, -0.05) is 49.2 Å². The standard InChI is InChI=1S/C22H25ClO4/c1-6-26-22(25)19(13(2)3)18-11-14(4)10-15(5)20(18)27-21(24)16-8-7-9-17(23)12-16/h7-13,19H,6H2,1-5H3. The first-order valence-electron chi connectivity index (χ1n) is 9.00. The molecule has 1 unspecified atom stereocenters. The van der Waals surface area contributed by atoms with Crippen molar-refractivity contribution in [1.82, 2.24) is 0 Å². The fourth-order valence-corrected chi connectivity index (χ4v) is 3.31. The van der Waals surface area contributed by atoms with Gasteiger partial charge >= 0.3 is 11.9 Å². The maximum absolute atomic E-state index is 12.6. The van der Waals surface area contributed by atoms with Crippen molar-refractivity contribution < 1.29 is 19.1 Å². The molecule has 0 amide bonds. The van der Waals surface area contributed by atoms with Gasteiger partial charge in [0.25, 0.3) is 0 Å². The Bertz CT molecular complexity index is 842. The van der Waals surface area contributed by atoms with E-state index in [4.69, 9.17) is 21.1 Å². The molecule has 2 aromatic carbocycles. The molecule has 144 valence electrons. The van der Waals surface area contributed by atoms with E-state index in [9.17, 15) is 9.59 Å². The summed E-state index contributed by atoms with van der Waals surface area (Å²) in [7, 11) is 0. The lowest BCUT2D eigenvalue weighted by atomic mass is 9.86. The summed E-state index contributed by atoms with van der Waals surface area (Å²) in [4.78, 5) is 25.2. The lowest BCUT2D eigenvalue weighted by molar-refractivity contribution is -0.146. The quantitative estimate of drug-likeness (QED) is 0.485. The van der Waals surface area contributed by atoms with E-state index in [2.05, 4.69) is 0 Å². The van der Waals surface area contributed by atoms with Crippen molar-refractivity contribution in [3.05, 3.63) is 63.7 Å². The van der Waals surface area contributed by atoms with Crippen LogP contribution in [0.4, 0.5) is 0 Å². The number of aryl methyl sites for hydroxylation is 2. The zero-order valence-electron chi connectivity index (χ0n) is 16.3. The molecule has 5 heteroatoms. The Hall–Kier alpha value is -2.33. The highest BCUT2D eigenvalue weighted by Crippen LogP contribution is 2.37. The Balaban J connectivity index is 2.49. The van der Waals surface area contributed by atoms with E-state index >= 15 is 0 Å². The molecule has 0 heterocycles. The third-order valence-electron chi connectivity index (χ3n) is 4.25. The van der Waals surface area contributed by atoms with Crippen molar-refractivity contribution >= 4 is 23.5 Å². The van der Waals surface area contributed by atoms with E-state index in [1.807, 2.05) is 39.8 Å². The maximum Gasteiger partial charge on any atom is 0.343 e. The average Bonchev–Trinajstić information content (AvgIpc) is 2.57. The summed E-state index contributed by atoms with van der Waals surface area (Å²) in [6, 6.07) is 10.4. The van der Waals surface area contributed by atoms with Crippen LogP contribution in [-0.2, 0) is 9.53 Å². The summed E-state index contributed by atoms with van der Waals surface area (Å²) < 4.78 is 11.0. The largest absolute Gasteiger partial charge is 0.466 e. The van der Waals surface area contributed by atoms with Crippen molar-refractivity contribution in [2.24, 2.45) is 5.92 Å². The van der Waals surface area contributed by atoms with Gasteiger partial charge < -0.3 is 9.47 Å². The molecule has 0 aliphatic rings. The topological polar surface area (TPSA) is 52.6 Å². The minimum Gasteiger partial charge on any atom is -0.466 e. The number of carbonyl (C=O) groups is 2. The number of benzene rings is 2. The zero-order chi connectivity index (χ0) is 20.1. The second-order valence-electron chi connectivity index (χ2n) is 6.87. The van der Waals surface area contributed by atoms with E-state index in [-0.39, 0.29) is 11.9 Å². The van der Waals surface area contributed by atoms with Crippen molar-refractivity contribution in [1.29, 1.82) is 0 Å². The highest BCUT2D eigenvalue weighted by atomic mass is 35.5. The second-order valence-corrected chi connectivity index (χ2v) is 7.31. The van der Waals surface area contributed by atoms with Gasteiger partial charge in [0.15, 0.2) is 0 Å². The first-order chi connectivity index (χ1) is 12.7. The van der Waals surface area contributed by atoms with Crippen molar-refractivity contribution in [2.45, 2.75) is 40.5 Å². The normalized spacial score (nSPS) is 12.0. The Morgan fingerprint density at radius 3 is 2.41 bits per heavy atom. The van der Waals surface area contributed by atoms with Crippen LogP contribution in [-0.4, -0.2) is 18.5 Å². The van der Waals surface area contributed by atoms with Gasteiger partial charge in [-0.2, -0.15) is 0 Å². The molecule has 1 atom stereocenters. The minimum absolute atomic E-state index is 0.0196. The van der Waals surface area contributed by atoms with Gasteiger partial charge in [0.1, 0.15) is 5.75 Å². The Morgan fingerprint density at radius 2 is 1.81 bits per heavy atom. The first-order valence-corrected chi connectivity index (χ1v) is 9.37. The first kappa shape index (κ1) is 21.0. The molecule has 0 N–H and O–H groups in total. The number of rotatable bonds is 6. The highest BCUT2D eigenvalue weighted by molar-refractivity contribution is 6.30. The molecular formula is C22H25ClO4. The van der Waals surface area contributed by atoms with Crippen LogP contribution in [0.15, 0.2) is 36.4 Å². The number of carbonyl (C=O) groups excluding carboxylic acids is 2. The monoisotopic (exact) mass is 388 g/mol. The molecule has 27 heavy (non-hydrogen) atoms. The van der Waals surface area contributed by atoms with E-state index in [0.717, 1.165) is 11.1 Å². The van der Waals surface area contributed by atoms with Crippen LogP contribution in [0, 0.1) is 19.8 Å². The summed E-state index contributed by atoms with van der Waals surface area (Å²) in [6.45, 7) is 9.77. The van der Waals surface area contributed by atoms with Crippen molar-refractivity contribution in [3.8, 4) is 5.75 Å².